The Morgan fingerprint density at radius 3 is 2.53 bits per heavy atom. The molecule has 2 saturated heterocycles. The number of carboxylic acid groups (broad SMARTS) is 1. The van der Waals surface area contributed by atoms with Crippen molar-refractivity contribution >= 4 is 17.6 Å². The summed E-state index contributed by atoms with van der Waals surface area (Å²) in [6, 6.07) is 14.5. The first-order valence-corrected chi connectivity index (χ1v) is 12.6. The summed E-state index contributed by atoms with van der Waals surface area (Å²) in [5.41, 5.74) is 5.58. The van der Waals surface area contributed by atoms with Crippen LogP contribution in [0.15, 0.2) is 42.5 Å². The molecule has 1 aliphatic carbocycles. The maximum Gasteiger partial charge on any atom is 0.335 e. The molecule has 0 bridgehead atoms. The van der Waals surface area contributed by atoms with Crippen molar-refractivity contribution in [2.45, 2.75) is 56.5 Å². The third-order valence-electron chi connectivity index (χ3n) is 8.64. The van der Waals surface area contributed by atoms with E-state index in [9.17, 15) is 14.7 Å². The van der Waals surface area contributed by atoms with Crippen LogP contribution in [0.2, 0.25) is 0 Å². The number of benzene rings is 2. The number of hydrogen-bond acceptors (Lipinski definition) is 4. The van der Waals surface area contributed by atoms with Crippen LogP contribution < -0.4 is 5.32 Å². The number of aromatic carboxylic acids is 1. The number of hydrogen-bond donors (Lipinski definition) is 2. The summed E-state index contributed by atoms with van der Waals surface area (Å²) in [5, 5.41) is 12.6. The SMILES string of the molecule is O=C(O)c1ccc2c(c1)NCC(c1ccc([C@H]3CC34CCN(C(=O)[C@H]3CCCO3)CC4)cc1)C2. The van der Waals surface area contributed by atoms with E-state index in [-0.39, 0.29) is 12.0 Å². The fourth-order valence-corrected chi connectivity index (χ4v) is 6.38. The number of ether oxygens (including phenoxy) is 1. The van der Waals surface area contributed by atoms with E-state index in [0.717, 1.165) is 64.0 Å². The summed E-state index contributed by atoms with van der Waals surface area (Å²) in [7, 11) is 0. The van der Waals surface area contributed by atoms with Crippen molar-refractivity contribution in [2.24, 2.45) is 5.41 Å². The number of anilines is 1. The van der Waals surface area contributed by atoms with E-state index < -0.39 is 5.97 Å². The minimum absolute atomic E-state index is 0.197. The van der Waals surface area contributed by atoms with Gasteiger partial charge < -0.3 is 20.1 Å². The molecular weight excluding hydrogens is 428 g/mol. The van der Waals surface area contributed by atoms with Crippen molar-refractivity contribution in [3.05, 3.63) is 64.7 Å². The number of likely N-dealkylation sites (tertiary alicyclic amines) is 1. The second-order valence-corrected chi connectivity index (χ2v) is 10.6. The lowest BCUT2D eigenvalue weighted by molar-refractivity contribution is -0.142. The standard InChI is InChI=1S/C28H32N2O4/c31-26(25-2-1-13-34-25)30-11-9-28(10-12-30)16-23(28)19-5-3-18(4-6-19)22-14-20-7-8-21(27(32)33)15-24(20)29-17-22/h3-8,15,22-23,25,29H,1-2,9-14,16-17H2,(H,32,33)/t22?,23-,25-/m1/s1. The summed E-state index contributed by atoms with van der Waals surface area (Å²) >= 11 is 0. The third kappa shape index (κ3) is 3.88. The monoisotopic (exact) mass is 460 g/mol. The van der Waals surface area contributed by atoms with Gasteiger partial charge in [0, 0.05) is 37.8 Å². The average molecular weight is 461 g/mol. The first-order valence-electron chi connectivity index (χ1n) is 12.6. The zero-order valence-electron chi connectivity index (χ0n) is 19.5. The Kier molecular flexibility index (Phi) is 5.36. The summed E-state index contributed by atoms with van der Waals surface area (Å²) in [6.45, 7) is 3.27. The van der Waals surface area contributed by atoms with E-state index in [1.807, 2.05) is 11.0 Å². The summed E-state index contributed by atoms with van der Waals surface area (Å²) < 4.78 is 5.60. The molecule has 2 aromatic rings. The molecule has 3 fully saturated rings. The quantitative estimate of drug-likeness (QED) is 0.707. The molecule has 1 unspecified atom stereocenters. The van der Waals surface area contributed by atoms with Crippen molar-refractivity contribution in [3.63, 3.8) is 0 Å². The van der Waals surface area contributed by atoms with Gasteiger partial charge in [-0.05, 0) is 78.7 Å². The maximum atomic E-state index is 12.7. The van der Waals surface area contributed by atoms with Crippen molar-refractivity contribution in [1.29, 1.82) is 0 Å². The summed E-state index contributed by atoms with van der Waals surface area (Å²) in [6.07, 6.45) is 6.03. The van der Waals surface area contributed by atoms with Gasteiger partial charge in [0.2, 0.25) is 0 Å². The Morgan fingerprint density at radius 2 is 1.82 bits per heavy atom. The number of amides is 1. The van der Waals surface area contributed by atoms with Gasteiger partial charge in [0.1, 0.15) is 6.10 Å². The van der Waals surface area contributed by atoms with Crippen molar-refractivity contribution in [3.8, 4) is 0 Å². The van der Waals surface area contributed by atoms with Gasteiger partial charge >= 0.3 is 5.97 Å². The van der Waals surface area contributed by atoms with Gasteiger partial charge in [0.05, 0.1) is 5.56 Å². The minimum Gasteiger partial charge on any atom is -0.478 e. The Bertz CT molecular complexity index is 1100. The van der Waals surface area contributed by atoms with E-state index in [4.69, 9.17) is 4.74 Å². The van der Waals surface area contributed by atoms with Crippen LogP contribution in [0.5, 0.6) is 0 Å². The smallest absolute Gasteiger partial charge is 0.335 e. The lowest BCUT2D eigenvalue weighted by atomic mass is 9.85. The fraction of sp³-hybridized carbons (Fsp3) is 0.500. The molecule has 3 aliphatic heterocycles. The molecule has 6 rings (SSSR count). The molecule has 0 radical (unpaired) electrons. The van der Waals surface area contributed by atoms with Crippen molar-refractivity contribution in [1.82, 2.24) is 4.90 Å². The van der Waals surface area contributed by atoms with Gasteiger partial charge in [-0.1, -0.05) is 30.3 Å². The second kappa shape index (κ2) is 8.42. The Hall–Kier alpha value is -2.86. The van der Waals surface area contributed by atoms with Gasteiger partial charge in [-0.2, -0.15) is 0 Å². The fourth-order valence-electron chi connectivity index (χ4n) is 6.38. The van der Waals surface area contributed by atoms with Crippen LogP contribution in [0.3, 0.4) is 0 Å². The molecule has 6 nitrogen and oxygen atoms in total. The molecule has 0 aromatic heterocycles. The normalized spacial score (nSPS) is 27.2. The number of nitrogens with one attached hydrogen (secondary N) is 1. The highest BCUT2D eigenvalue weighted by Crippen LogP contribution is 2.65. The number of rotatable bonds is 4. The molecule has 1 saturated carbocycles. The van der Waals surface area contributed by atoms with Crippen LogP contribution >= 0.6 is 0 Å². The molecule has 1 amide bonds. The van der Waals surface area contributed by atoms with Crippen molar-refractivity contribution < 1.29 is 19.4 Å². The number of piperidine rings is 1. The summed E-state index contributed by atoms with van der Waals surface area (Å²) in [5.74, 6) is 0.314. The average Bonchev–Trinajstić information content (AvgIpc) is 3.28. The van der Waals surface area contributed by atoms with Gasteiger partial charge in [0.25, 0.3) is 5.91 Å². The highest BCUT2D eigenvalue weighted by atomic mass is 16.5. The van der Waals surface area contributed by atoms with Crippen LogP contribution in [-0.2, 0) is 16.0 Å². The molecule has 2 N–H and O–H groups in total. The first-order chi connectivity index (χ1) is 16.5. The third-order valence-corrected chi connectivity index (χ3v) is 8.64. The summed E-state index contributed by atoms with van der Waals surface area (Å²) in [4.78, 5) is 25.9. The predicted octanol–water partition coefficient (Wildman–Crippen LogP) is 4.41. The number of nitrogens with zero attached hydrogens (tertiary/aromatic N) is 1. The number of carbonyl (C=O) groups excluding carboxylic acids is 1. The van der Waals surface area contributed by atoms with E-state index in [1.165, 1.54) is 23.1 Å². The number of carboxylic acids is 1. The van der Waals surface area contributed by atoms with Crippen LogP contribution in [0, 0.1) is 5.41 Å². The molecule has 6 heteroatoms. The highest BCUT2D eigenvalue weighted by Gasteiger charge is 2.55. The highest BCUT2D eigenvalue weighted by molar-refractivity contribution is 5.89. The molecular formula is C28H32N2O4. The van der Waals surface area contributed by atoms with E-state index in [1.54, 1.807) is 12.1 Å². The Labute approximate surface area is 200 Å². The topological polar surface area (TPSA) is 78.9 Å². The van der Waals surface area contributed by atoms with Crippen LogP contribution in [-0.4, -0.2) is 54.2 Å². The molecule has 3 heterocycles. The van der Waals surface area contributed by atoms with E-state index in [0.29, 0.717) is 22.8 Å². The second-order valence-electron chi connectivity index (χ2n) is 10.6. The van der Waals surface area contributed by atoms with Crippen molar-refractivity contribution in [2.75, 3.05) is 31.6 Å². The lowest BCUT2D eigenvalue weighted by Crippen LogP contribution is -2.44. The molecule has 34 heavy (non-hydrogen) atoms. The lowest BCUT2D eigenvalue weighted by Gasteiger charge is -2.34. The maximum absolute atomic E-state index is 12.7. The van der Waals surface area contributed by atoms with Crippen LogP contribution in [0.1, 0.15) is 71.0 Å². The zero-order chi connectivity index (χ0) is 23.3. The molecule has 3 atom stereocenters. The Balaban J connectivity index is 1.07. The molecule has 4 aliphatic rings. The Morgan fingerprint density at radius 1 is 1.06 bits per heavy atom. The van der Waals surface area contributed by atoms with Gasteiger partial charge in [-0.15, -0.1) is 0 Å². The molecule has 178 valence electrons. The largest absolute Gasteiger partial charge is 0.478 e. The predicted molar refractivity (Wildman–Crippen MR) is 129 cm³/mol. The minimum atomic E-state index is -0.889. The molecule has 2 aromatic carbocycles. The van der Waals surface area contributed by atoms with E-state index in [2.05, 4.69) is 29.6 Å². The van der Waals surface area contributed by atoms with Gasteiger partial charge in [0.15, 0.2) is 0 Å². The first kappa shape index (κ1) is 21.7. The van der Waals surface area contributed by atoms with Crippen LogP contribution in [0.4, 0.5) is 5.69 Å². The van der Waals surface area contributed by atoms with Gasteiger partial charge in [-0.25, -0.2) is 4.79 Å². The number of carbonyl (C=O) groups is 2. The molecule has 1 spiro atoms. The number of fused-ring (bicyclic) bond motifs is 1. The van der Waals surface area contributed by atoms with E-state index >= 15 is 0 Å². The zero-order valence-corrected chi connectivity index (χ0v) is 19.5. The van der Waals surface area contributed by atoms with Crippen LogP contribution in [0.25, 0.3) is 0 Å². The van der Waals surface area contributed by atoms with Gasteiger partial charge in [-0.3, -0.25) is 4.79 Å².